The molecule has 5 heteroatoms. The van der Waals surface area contributed by atoms with Crippen LogP contribution in [0.2, 0.25) is 5.02 Å². The van der Waals surface area contributed by atoms with E-state index in [9.17, 15) is 4.79 Å². The Morgan fingerprint density at radius 1 is 1.56 bits per heavy atom. The van der Waals surface area contributed by atoms with Crippen LogP contribution in [0.3, 0.4) is 0 Å². The molecule has 1 atom stereocenters. The Labute approximate surface area is 99.7 Å². The molecule has 0 aliphatic rings. The van der Waals surface area contributed by atoms with Gasteiger partial charge in [-0.15, -0.1) is 0 Å². The van der Waals surface area contributed by atoms with E-state index in [-0.39, 0.29) is 5.91 Å². The minimum absolute atomic E-state index is 0.278. The first-order chi connectivity index (χ1) is 7.51. The van der Waals surface area contributed by atoms with Crippen molar-refractivity contribution in [3.8, 4) is 5.75 Å². The lowest BCUT2D eigenvalue weighted by Crippen LogP contribution is -2.31. The minimum atomic E-state index is -0.780. The molecule has 0 spiro atoms. The predicted octanol–water partition coefficient (Wildman–Crippen LogP) is 1.40. The highest BCUT2D eigenvalue weighted by atomic mass is 35.5. The van der Waals surface area contributed by atoms with Gasteiger partial charge in [0, 0.05) is 17.6 Å². The molecule has 0 aliphatic heterocycles. The molecule has 0 fully saturated rings. The highest BCUT2D eigenvalue weighted by Crippen LogP contribution is 2.31. The van der Waals surface area contributed by atoms with Crippen LogP contribution in [0.25, 0.3) is 0 Å². The van der Waals surface area contributed by atoms with E-state index in [2.05, 4.69) is 5.32 Å². The number of rotatable bonds is 3. The fraction of sp³-hybridized carbons (Fsp3) is 0.364. The predicted molar refractivity (Wildman–Crippen MR) is 63.7 cm³/mol. The van der Waals surface area contributed by atoms with Crippen molar-refractivity contribution in [2.45, 2.75) is 13.0 Å². The molecule has 0 heterocycles. The van der Waals surface area contributed by atoms with Crippen LogP contribution in [-0.2, 0) is 4.79 Å². The molecule has 0 aromatic heterocycles. The number of aryl methyl sites for hydroxylation is 1. The maximum absolute atomic E-state index is 11.5. The molecular formula is C11H15ClN2O2. The van der Waals surface area contributed by atoms with Crippen LogP contribution < -0.4 is 15.8 Å². The zero-order chi connectivity index (χ0) is 12.3. The Kier molecular flexibility index (Phi) is 4.15. The average molecular weight is 243 g/mol. The number of ether oxygens (including phenoxy) is 1. The molecule has 3 N–H and O–H groups in total. The van der Waals surface area contributed by atoms with Crippen LogP contribution in [0.1, 0.15) is 17.2 Å². The Hall–Kier alpha value is -1.26. The van der Waals surface area contributed by atoms with Crippen LogP contribution in [0.4, 0.5) is 0 Å². The number of benzene rings is 1. The monoisotopic (exact) mass is 242 g/mol. The first kappa shape index (κ1) is 12.8. The van der Waals surface area contributed by atoms with Gasteiger partial charge in [0.15, 0.2) is 0 Å². The Bertz CT molecular complexity index is 407. The Morgan fingerprint density at radius 2 is 2.19 bits per heavy atom. The molecule has 0 bridgehead atoms. The van der Waals surface area contributed by atoms with E-state index in [0.717, 1.165) is 5.56 Å². The van der Waals surface area contributed by atoms with Gasteiger partial charge in [-0.3, -0.25) is 4.79 Å². The van der Waals surface area contributed by atoms with Crippen molar-refractivity contribution in [1.82, 2.24) is 5.32 Å². The Balaban J connectivity index is 3.25. The molecule has 0 saturated carbocycles. The van der Waals surface area contributed by atoms with Gasteiger partial charge in [-0.2, -0.15) is 0 Å². The second-order valence-electron chi connectivity index (χ2n) is 3.44. The molecule has 4 nitrogen and oxygen atoms in total. The highest BCUT2D eigenvalue weighted by molar-refractivity contribution is 6.30. The molecule has 1 amide bonds. The van der Waals surface area contributed by atoms with Crippen molar-refractivity contribution >= 4 is 17.5 Å². The van der Waals surface area contributed by atoms with Crippen molar-refractivity contribution < 1.29 is 9.53 Å². The van der Waals surface area contributed by atoms with Crippen molar-refractivity contribution in [2.75, 3.05) is 14.2 Å². The number of carbonyl (C=O) groups is 1. The van der Waals surface area contributed by atoms with Gasteiger partial charge in [0.25, 0.3) is 0 Å². The molecule has 1 rings (SSSR count). The third-order valence-electron chi connectivity index (χ3n) is 2.34. The quantitative estimate of drug-likeness (QED) is 0.842. The molecule has 0 radical (unpaired) electrons. The summed E-state index contributed by atoms with van der Waals surface area (Å²) in [6.07, 6.45) is 0. The summed E-state index contributed by atoms with van der Waals surface area (Å²) in [7, 11) is 3.07. The number of carbonyl (C=O) groups excluding carboxylic acids is 1. The van der Waals surface area contributed by atoms with E-state index in [1.807, 2.05) is 6.92 Å². The van der Waals surface area contributed by atoms with Crippen molar-refractivity contribution in [2.24, 2.45) is 5.73 Å². The summed E-state index contributed by atoms with van der Waals surface area (Å²) in [5.74, 6) is 0.320. The normalized spacial score (nSPS) is 12.1. The third-order valence-corrected chi connectivity index (χ3v) is 2.55. The smallest absolute Gasteiger partial charge is 0.241 e. The second kappa shape index (κ2) is 5.18. The molecule has 1 aromatic rings. The summed E-state index contributed by atoms with van der Waals surface area (Å²) in [4.78, 5) is 11.5. The number of hydrogen-bond acceptors (Lipinski definition) is 3. The second-order valence-corrected chi connectivity index (χ2v) is 3.87. The standard InChI is InChI=1S/C11H15ClN2O2/c1-6-4-7(12)5-8(10(6)16-3)9(13)11(15)14-2/h4-5,9H,13H2,1-3H3,(H,14,15). The zero-order valence-corrected chi connectivity index (χ0v) is 10.3. The maximum atomic E-state index is 11.5. The molecule has 0 saturated heterocycles. The van der Waals surface area contributed by atoms with Crippen LogP contribution in [0, 0.1) is 6.92 Å². The number of methoxy groups -OCH3 is 1. The van der Waals surface area contributed by atoms with Gasteiger partial charge < -0.3 is 15.8 Å². The number of halogens is 1. The van der Waals surface area contributed by atoms with Gasteiger partial charge in [-0.1, -0.05) is 11.6 Å². The highest BCUT2D eigenvalue weighted by Gasteiger charge is 2.20. The fourth-order valence-corrected chi connectivity index (χ4v) is 1.84. The summed E-state index contributed by atoms with van der Waals surface area (Å²) in [6.45, 7) is 1.85. The van der Waals surface area contributed by atoms with Gasteiger partial charge in [0.05, 0.1) is 7.11 Å². The van der Waals surface area contributed by atoms with E-state index >= 15 is 0 Å². The average Bonchev–Trinajstić information content (AvgIpc) is 2.26. The van der Waals surface area contributed by atoms with E-state index in [1.54, 1.807) is 12.1 Å². The van der Waals surface area contributed by atoms with Crippen LogP contribution in [0.5, 0.6) is 5.75 Å². The van der Waals surface area contributed by atoms with Crippen molar-refractivity contribution in [3.05, 3.63) is 28.3 Å². The molecular weight excluding hydrogens is 228 g/mol. The number of hydrogen-bond donors (Lipinski definition) is 2. The van der Waals surface area contributed by atoms with Gasteiger partial charge in [0.2, 0.25) is 5.91 Å². The number of nitrogens with one attached hydrogen (secondary N) is 1. The van der Waals surface area contributed by atoms with Gasteiger partial charge in [0.1, 0.15) is 11.8 Å². The summed E-state index contributed by atoms with van der Waals surface area (Å²) in [6, 6.07) is 2.63. The topological polar surface area (TPSA) is 64.4 Å². The summed E-state index contributed by atoms with van der Waals surface area (Å²) in [5, 5.41) is 3.03. The largest absolute Gasteiger partial charge is 0.496 e. The summed E-state index contributed by atoms with van der Waals surface area (Å²) < 4.78 is 5.23. The minimum Gasteiger partial charge on any atom is -0.496 e. The lowest BCUT2D eigenvalue weighted by molar-refractivity contribution is -0.122. The van der Waals surface area contributed by atoms with E-state index in [0.29, 0.717) is 16.3 Å². The van der Waals surface area contributed by atoms with Gasteiger partial charge in [-0.05, 0) is 24.6 Å². The number of likely N-dealkylation sites (N-methyl/N-ethyl adjacent to an activating group) is 1. The molecule has 1 aromatic carbocycles. The van der Waals surface area contributed by atoms with Gasteiger partial charge in [-0.25, -0.2) is 0 Å². The molecule has 16 heavy (non-hydrogen) atoms. The van der Waals surface area contributed by atoms with Crippen molar-refractivity contribution in [3.63, 3.8) is 0 Å². The lowest BCUT2D eigenvalue weighted by atomic mass is 10.0. The lowest BCUT2D eigenvalue weighted by Gasteiger charge is -2.16. The third kappa shape index (κ3) is 2.46. The molecule has 0 aliphatic carbocycles. The van der Waals surface area contributed by atoms with E-state index < -0.39 is 6.04 Å². The van der Waals surface area contributed by atoms with Crippen molar-refractivity contribution in [1.29, 1.82) is 0 Å². The van der Waals surface area contributed by atoms with Crippen LogP contribution in [0.15, 0.2) is 12.1 Å². The van der Waals surface area contributed by atoms with Crippen LogP contribution >= 0.6 is 11.6 Å². The SMILES string of the molecule is CNC(=O)C(N)c1cc(Cl)cc(C)c1OC. The summed E-state index contributed by atoms with van der Waals surface area (Å²) >= 11 is 5.93. The maximum Gasteiger partial charge on any atom is 0.241 e. The van der Waals surface area contributed by atoms with Gasteiger partial charge >= 0.3 is 0 Å². The van der Waals surface area contributed by atoms with E-state index in [4.69, 9.17) is 22.1 Å². The summed E-state index contributed by atoms with van der Waals surface area (Å²) in [5.41, 5.74) is 7.25. The number of amides is 1. The van der Waals surface area contributed by atoms with E-state index in [1.165, 1.54) is 14.2 Å². The van der Waals surface area contributed by atoms with Crippen LogP contribution in [-0.4, -0.2) is 20.1 Å². The molecule has 88 valence electrons. The Morgan fingerprint density at radius 3 is 2.69 bits per heavy atom. The zero-order valence-electron chi connectivity index (χ0n) is 9.50. The first-order valence-corrected chi connectivity index (χ1v) is 5.20. The first-order valence-electron chi connectivity index (χ1n) is 4.82. The molecule has 1 unspecified atom stereocenters. The fourth-order valence-electron chi connectivity index (χ4n) is 1.56. The number of nitrogens with two attached hydrogens (primary N) is 1.